The molecule has 45 heavy (non-hydrogen) atoms. The molecule has 0 aliphatic rings. The van der Waals surface area contributed by atoms with Gasteiger partial charge in [-0.3, -0.25) is 14.4 Å². The van der Waals surface area contributed by atoms with Gasteiger partial charge in [0.1, 0.15) is 5.75 Å². The maximum absolute atomic E-state index is 13.6. The van der Waals surface area contributed by atoms with Crippen molar-refractivity contribution in [1.82, 2.24) is 14.9 Å². The second-order valence-corrected chi connectivity index (χ2v) is 11.2. The first-order chi connectivity index (χ1) is 21.6. The quantitative estimate of drug-likeness (QED) is 0.190. The van der Waals surface area contributed by atoms with E-state index in [2.05, 4.69) is 24.5 Å². The van der Waals surface area contributed by atoms with Gasteiger partial charge in [-0.2, -0.15) is 0 Å². The SMILES string of the molecule is COCCCNC(=O)c1ccc(Nc2nc(-c3cccc(N(CC(C)C)C(=O)c4ccccc4)c3C)cn(C)c2=O)cc1OC. The Hall–Kier alpha value is -4.96. The van der Waals surface area contributed by atoms with E-state index in [1.54, 1.807) is 38.6 Å². The Balaban J connectivity index is 1.67. The third kappa shape index (κ3) is 7.96. The first kappa shape index (κ1) is 32.9. The van der Waals surface area contributed by atoms with Gasteiger partial charge in [0.25, 0.3) is 17.4 Å². The molecular formula is C35H41N5O5. The van der Waals surface area contributed by atoms with Gasteiger partial charge in [0.2, 0.25) is 0 Å². The fourth-order valence-electron chi connectivity index (χ4n) is 5.01. The molecule has 10 nitrogen and oxygen atoms in total. The highest BCUT2D eigenvalue weighted by Crippen LogP contribution is 2.32. The summed E-state index contributed by atoms with van der Waals surface area (Å²) in [5.41, 5.74) is 4.19. The minimum Gasteiger partial charge on any atom is -0.496 e. The molecule has 0 fully saturated rings. The van der Waals surface area contributed by atoms with Crippen molar-refractivity contribution in [3.05, 3.63) is 100.0 Å². The van der Waals surface area contributed by atoms with Gasteiger partial charge in [-0.15, -0.1) is 0 Å². The zero-order chi connectivity index (χ0) is 32.5. The lowest BCUT2D eigenvalue weighted by Gasteiger charge is -2.27. The Bertz CT molecular complexity index is 1700. The van der Waals surface area contributed by atoms with E-state index in [0.717, 1.165) is 16.8 Å². The van der Waals surface area contributed by atoms with Crippen LogP contribution in [0, 0.1) is 12.8 Å². The van der Waals surface area contributed by atoms with Crippen LogP contribution >= 0.6 is 0 Å². The van der Waals surface area contributed by atoms with Gasteiger partial charge in [0.05, 0.1) is 18.4 Å². The van der Waals surface area contributed by atoms with E-state index in [-0.39, 0.29) is 29.1 Å². The molecule has 1 aromatic heterocycles. The molecule has 236 valence electrons. The predicted octanol–water partition coefficient (Wildman–Crippen LogP) is 5.58. The average Bonchev–Trinajstić information content (AvgIpc) is 3.04. The van der Waals surface area contributed by atoms with E-state index in [1.807, 2.05) is 60.4 Å². The molecule has 10 heteroatoms. The second kappa shape index (κ2) is 15.2. The minimum absolute atomic E-state index is 0.0821. The highest BCUT2D eigenvalue weighted by atomic mass is 16.5. The summed E-state index contributed by atoms with van der Waals surface area (Å²) in [6, 6.07) is 20.0. The Labute approximate surface area is 264 Å². The van der Waals surface area contributed by atoms with Gasteiger partial charge in [-0.05, 0) is 55.2 Å². The van der Waals surface area contributed by atoms with Crippen LogP contribution in [0.3, 0.4) is 0 Å². The maximum atomic E-state index is 13.6. The van der Waals surface area contributed by atoms with Crippen LogP contribution < -0.4 is 25.8 Å². The van der Waals surface area contributed by atoms with Gasteiger partial charge in [-0.1, -0.05) is 44.2 Å². The number of anilines is 3. The van der Waals surface area contributed by atoms with Gasteiger partial charge < -0.3 is 29.6 Å². The van der Waals surface area contributed by atoms with Crippen LogP contribution in [0.4, 0.5) is 17.2 Å². The van der Waals surface area contributed by atoms with Crippen LogP contribution in [0.15, 0.2) is 77.7 Å². The molecule has 0 bridgehead atoms. The molecule has 2 amide bonds. The van der Waals surface area contributed by atoms with Crippen molar-refractivity contribution in [2.45, 2.75) is 27.2 Å². The topological polar surface area (TPSA) is 115 Å². The second-order valence-electron chi connectivity index (χ2n) is 11.2. The van der Waals surface area contributed by atoms with Crippen LogP contribution in [0.5, 0.6) is 5.75 Å². The van der Waals surface area contributed by atoms with E-state index in [9.17, 15) is 14.4 Å². The van der Waals surface area contributed by atoms with Gasteiger partial charge in [-0.25, -0.2) is 4.98 Å². The Morgan fingerprint density at radius 3 is 2.47 bits per heavy atom. The van der Waals surface area contributed by atoms with Crippen molar-refractivity contribution in [2.24, 2.45) is 13.0 Å². The Kier molecular flexibility index (Phi) is 11.1. The largest absolute Gasteiger partial charge is 0.496 e. The molecule has 0 spiro atoms. The number of methoxy groups -OCH3 is 2. The van der Waals surface area contributed by atoms with E-state index in [0.29, 0.717) is 54.4 Å². The van der Waals surface area contributed by atoms with Crippen molar-refractivity contribution >= 4 is 29.0 Å². The fraction of sp³-hybridized carbons (Fsp3) is 0.314. The summed E-state index contributed by atoms with van der Waals surface area (Å²) in [4.78, 5) is 46.0. The molecule has 0 aliphatic carbocycles. The number of hydrogen-bond donors (Lipinski definition) is 2. The zero-order valence-electron chi connectivity index (χ0n) is 26.7. The molecule has 0 radical (unpaired) electrons. The molecule has 0 unspecified atom stereocenters. The monoisotopic (exact) mass is 611 g/mol. The number of carbonyl (C=O) groups excluding carboxylic acids is 2. The van der Waals surface area contributed by atoms with Crippen LogP contribution in [0.25, 0.3) is 11.3 Å². The number of hydrogen-bond acceptors (Lipinski definition) is 7. The smallest absolute Gasteiger partial charge is 0.293 e. The number of benzene rings is 3. The van der Waals surface area contributed by atoms with Crippen LogP contribution in [-0.4, -0.2) is 55.3 Å². The van der Waals surface area contributed by atoms with E-state index in [4.69, 9.17) is 14.5 Å². The third-order valence-electron chi connectivity index (χ3n) is 7.28. The van der Waals surface area contributed by atoms with Crippen LogP contribution in [0.1, 0.15) is 46.5 Å². The molecule has 0 atom stereocenters. The third-order valence-corrected chi connectivity index (χ3v) is 7.28. The first-order valence-electron chi connectivity index (χ1n) is 14.9. The number of rotatable bonds is 13. The summed E-state index contributed by atoms with van der Waals surface area (Å²) in [5.74, 6) is 0.351. The van der Waals surface area contributed by atoms with Crippen molar-refractivity contribution in [3.8, 4) is 17.0 Å². The fourth-order valence-corrected chi connectivity index (χ4v) is 5.01. The molecular weight excluding hydrogens is 570 g/mol. The standard InChI is InChI=1S/C35H41N5O5/c1-23(2)21-40(34(42)25-12-8-7-9-13-25)30-15-10-14-27(24(30)3)29-22-39(4)35(43)32(38-29)37-26-16-17-28(31(20-26)45-6)33(41)36-18-11-19-44-5/h7-10,12-17,20,22-23H,11,18-19,21H2,1-6H3,(H,36,41)(H,37,38). The molecule has 3 aromatic carbocycles. The first-order valence-corrected chi connectivity index (χ1v) is 14.9. The van der Waals surface area contributed by atoms with Crippen molar-refractivity contribution in [3.63, 3.8) is 0 Å². The molecule has 0 saturated carbocycles. The number of aryl methyl sites for hydroxylation is 1. The van der Waals surface area contributed by atoms with E-state index in [1.165, 1.54) is 11.7 Å². The zero-order valence-corrected chi connectivity index (χ0v) is 26.7. The summed E-state index contributed by atoms with van der Waals surface area (Å²) in [6.07, 6.45) is 2.38. The summed E-state index contributed by atoms with van der Waals surface area (Å²) < 4.78 is 12.0. The van der Waals surface area contributed by atoms with Crippen LogP contribution in [-0.2, 0) is 11.8 Å². The summed E-state index contributed by atoms with van der Waals surface area (Å²) >= 11 is 0. The molecule has 4 rings (SSSR count). The van der Waals surface area contributed by atoms with Gasteiger partial charge in [0, 0.05) is 68.6 Å². The van der Waals surface area contributed by atoms with Gasteiger partial charge in [0.15, 0.2) is 5.82 Å². The summed E-state index contributed by atoms with van der Waals surface area (Å²) in [7, 11) is 4.77. The lowest BCUT2D eigenvalue weighted by atomic mass is 10.0. The van der Waals surface area contributed by atoms with Crippen molar-refractivity contribution < 1.29 is 19.1 Å². The highest BCUT2D eigenvalue weighted by Gasteiger charge is 2.22. The van der Waals surface area contributed by atoms with Crippen molar-refractivity contribution in [1.29, 1.82) is 0 Å². The number of carbonyl (C=O) groups is 2. The predicted molar refractivity (Wildman–Crippen MR) is 178 cm³/mol. The van der Waals surface area contributed by atoms with Crippen LogP contribution in [0.2, 0.25) is 0 Å². The lowest BCUT2D eigenvalue weighted by Crippen LogP contribution is -2.34. The molecule has 4 aromatic rings. The Morgan fingerprint density at radius 2 is 1.78 bits per heavy atom. The minimum atomic E-state index is -0.327. The molecule has 0 saturated heterocycles. The van der Waals surface area contributed by atoms with E-state index < -0.39 is 0 Å². The number of nitrogens with zero attached hydrogens (tertiary/aromatic N) is 3. The summed E-state index contributed by atoms with van der Waals surface area (Å²) in [5, 5.41) is 5.96. The number of nitrogens with one attached hydrogen (secondary N) is 2. The number of aromatic nitrogens is 2. The van der Waals surface area contributed by atoms with Crippen molar-refractivity contribution in [2.75, 3.05) is 44.1 Å². The molecule has 0 aliphatic heterocycles. The Morgan fingerprint density at radius 1 is 1.02 bits per heavy atom. The van der Waals surface area contributed by atoms with E-state index >= 15 is 0 Å². The summed E-state index contributed by atoms with van der Waals surface area (Å²) in [6.45, 7) is 7.67. The molecule has 1 heterocycles. The van der Waals surface area contributed by atoms with Gasteiger partial charge >= 0.3 is 0 Å². The average molecular weight is 612 g/mol. The number of ether oxygens (including phenoxy) is 2. The normalized spacial score (nSPS) is 10.9. The highest BCUT2D eigenvalue weighted by molar-refractivity contribution is 6.07. The maximum Gasteiger partial charge on any atom is 0.293 e. The molecule has 2 N–H and O–H groups in total. The lowest BCUT2D eigenvalue weighted by molar-refractivity contribution is 0.0944. The number of amides is 2.